The fraction of sp³-hybridized carbons (Fsp3) is 0.364. The number of rotatable bonds is 2. The van der Waals surface area contributed by atoms with Crippen molar-refractivity contribution in [3.8, 4) is 0 Å². The molecule has 0 amide bonds. The molecule has 1 heterocycles. The van der Waals surface area contributed by atoms with Crippen LogP contribution in [0.25, 0.3) is 0 Å². The highest BCUT2D eigenvalue weighted by Gasteiger charge is 2.29. The van der Waals surface area contributed by atoms with Gasteiger partial charge in [0.25, 0.3) is 0 Å². The van der Waals surface area contributed by atoms with Crippen molar-refractivity contribution in [3.05, 3.63) is 35.4 Å². The smallest absolute Gasteiger partial charge is 0.220 e. The summed E-state index contributed by atoms with van der Waals surface area (Å²) >= 11 is 1.44. The molecular formula is C11H13NOS. The molecule has 1 aliphatic heterocycles. The van der Waals surface area contributed by atoms with Crippen LogP contribution in [0.4, 0.5) is 0 Å². The number of likely N-dealkylation sites (N-methyl/N-ethyl adjacent to an activating group) is 1. The van der Waals surface area contributed by atoms with Crippen molar-refractivity contribution in [2.45, 2.75) is 5.25 Å². The van der Waals surface area contributed by atoms with Crippen LogP contribution in [-0.4, -0.2) is 30.7 Å². The number of carbonyl (C=O) groups is 1. The summed E-state index contributed by atoms with van der Waals surface area (Å²) in [5, 5.41) is 0.529. The average Bonchev–Trinajstić information content (AvgIpc) is 2.44. The van der Waals surface area contributed by atoms with Crippen molar-refractivity contribution in [3.63, 3.8) is 0 Å². The third kappa shape index (κ3) is 1.70. The maximum Gasteiger partial charge on any atom is 0.220 e. The van der Waals surface area contributed by atoms with Gasteiger partial charge in [0, 0.05) is 12.1 Å². The van der Waals surface area contributed by atoms with Gasteiger partial charge in [-0.2, -0.15) is 0 Å². The fourth-order valence-corrected chi connectivity index (χ4v) is 2.96. The summed E-state index contributed by atoms with van der Waals surface area (Å²) in [4.78, 5) is 13.7. The van der Waals surface area contributed by atoms with Crippen molar-refractivity contribution in [2.24, 2.45) is 0 Å². The van der Waals surface area contributed by atoms with Gasteiger partial charge in [0.1, 0.15) is 0 Å². The van der Waals surface area contributed by atoms with Gasteiger partial charge in [-0.05, 0) is 19.7 Å². The van der Waals surface area contributed by atoms with E-state index in [-0.39, 0.29) is 5.12 Å². The maximum atomic E-state index is 11.6. The molecule has 0 aromatic heterocycles. The first-order valence-corrected chi connectivity index (χ1v) is 5.51. The molecule has 0 saturated heterocycles. The Bertz CT molecular complexity index is 362. The predicted molar refractivity (Wildman–Crippen MR) is 59.7 cm³/mol. The molecule has 0 aliphatic carbocycles. The SMILES string of the molecule is CN(C)CC1SC(=O)c2ccccc21. The summed E-state index contributed by atoms with van der Waals surface area (Å²) in [5.74, 6) is 0. The van der Waals surface area contributed by atoms with E-state index in [0.717, 1.165) is 12.1 Å². The van der Waals surface area contributed by atoms with E-state index in [0.29, 0.717) is 5.25 Å². The zero-order valence-electron chi connectivity index (χ0n) is 8.36. The summed E-state index contributed by atoms with van der Waals surface area (Å²) in [5.41, 5.74) is 2.08. The monoisotopic (exact) mass is 207 g/mol. The lowest BCUT2D eigenvalue weighted by Crippen LogP contribution is -2.17. The van der Waals surface area contributed by atoms with Crippen LogP contribution >= 0.6 is 11.8 Å². The zero-order valence-corrected chi connectivity index (χ0v) is 9.17. The van der Waals surface area contributed by atoms with Crippen LogP contribution in [0.3, 0.4) is 0 Å². The minimum atomic E-state index is 0.215. The van der Waals surface area contributed by atoms with Crippen molar-refractivity contribution >= 4 is 16.9 Å². The normalized spacial score (nSPS) is 20.2. The van der Waals surface area contributed by atoms with Crippen molar-refractivity contribution < 1.29 is 4.79 Å². The standard InChI is InChI=1S/C11H13NOS/c1-12(2)7-10-8-5-3-4-6-9(8)11(13)14-10/h3-6,10H,7H2,1-2H3. The molecule has 74 valence electrons. The molecule has 0 radical (unpaired) electrons. The van der Waals surface area contributed by atoms with Crippen molar-refractivity contribution in [1.82, 2.24) is 4.90 Å². The highest BCUT2D eigenvalue weighted by molar-refractivity contribution is 8.14. The molecule has 1 unspecified atom stereocenters. The van der Waals surface area contributed by atoms with Gasteiger partial charge in [0.2, 0.25) is 5.12 Å². The summed E-state index contributed by atoms with van der Waals surface area (Å²) < 4.78 is 0. The number of carbonyl (C=O) groups excluding carboxylic acids is 1. The van der Waals surface area contributed by atoms with Gasteiger partial charge in [-0.15, -0.1) is 0 Å². The number of fused-ring (bicyclic) bond motifs is 1. The van der Waals surface area contributed by atoms with Crippen LogP contribution in [0, 0.1) is 0 Å². The molecular weight excluding hydrogens is 194 g/mol. The van der Waals surface area contributed by atoms with Gasteiger partial charge in [0.05, 0.1) is 5.25 Å². The highest BCUT2D eigenvalue weighted by Crippen LogP contribution is 2.41. The van der Waals surface area contributed by atoms with E-state index < -0.39 is 0 Å². The Hall–Kier alpha value is -0.800. The van der Waals surface area contributed by atoms with Crippen molar-refractivity contribution in [1.29, 1.82) is 0 Å². The first-order chi connectivity index (χ1) is 6.68. The van der Waals surface area contributed by atoms with E-state index in [9.17, 15) is 4.79 Å². The lowest BCUT2D eigenvalue weighted by molar-refractivity contribution is 0.109. The molecule has 1 aromatic carbocycles. The summed E-state index contributed by atoms with van der Waals surface area (Å²) in [7, 11) is 4.07. The van der Waals surface area contributed by atoms with Gasteiger partial charge in [-0.25, -0.2) is 0 Å². The number of benzene rings is 1. The molecule has 0 spiro atoms. The summed E-state index contributed by atoms with van der Waals surface area (Å²) in [6.45, 7) is 0.924. The first-order valence-electron chi connectivity index (χ1n) is 4.63. The molecule has 3 heteroatoms. The third-order valence-electron chi connectivity index (χ3n) is 2.31. The number of thioether (sulfide) groups is 1. The van der Waals surface area contributed by atoms with Gasteiger partial charge < -0.3 is 4.90 Å². The third-order valence-corrected chi connectivity index (χ3v) is 3.43. The minimum absolute atomic E-state index is 0.215. The Labute approximate surface area is 88.3 Å². The molecule has 1 aliphatic rings. The van der Waals surface area contributed by atoms with Crippen LogP contribution in [0.5, 0.6) is 0 Å². The minimum Gasteiger partial charge on any atom is -0.308 e. The van der Waals surface area contributed by atoms with E-state index in [2.05, 4.69) is 11.0 Å². The van der Waals surface area contributed by atoms with E-state index in [1.807, 2.05) is 32.3 Å². The Morgan fingerprint density at radius 1 is 1.36 bits per heavy atom. The zero-order chi connectivity index (χ0) is 10.1. The second-order valence-electron chi connectivity index (χ2n) is 3.74. The molecule has 0 bridgehead atoms. The molecule has 14 heavy (non-hydrogen) atoms. The topological polar surface area (TPSA) is 20.3 Å². The first kappa shape index (κ1) is 9.74. The fourth-order valence-electron chi connectivity index (χ4n) is 1.69. The van der Waals surface area contributed by atoms with E-state index in [1.54, 1.807) is 0 Å². The Balaban J connectivity index is 2.30. The lowest BCUT2D eigenvalue weighted by Gasteiger charge is -2.15. The average molecular weight is 207 g/mol. The van der Waals surface area contributed by atoms with Crippen LogP contribution in [0.15, 0.2) is 24.3 Å². The van der Waals surface area contributed by atoms with Gasteiger partial charge in [-0.3, -0.25) is 4.79 Å². The van der Waals surface area contributed by atoms with Crippen LogP contribution < -0.4 is 0 Å². The largest absolute Gasteiger partial charge is 0.308 e. The van der Waals surface area contributed by atoms with E-state index in [1.165, 1.54) is 17.3 Å². The Kier molecular flexibility index (Phi) is 2.61. The van der Waals surface area contributed by atoms with Gasteiger partial charge in [-0.1, -0.05) is 36.0 Å². The van der Waals surface area contributed by atoms with E-state index >= 15 is 0 Å². The molecule has 1 atom stereocenters. The van der Waals surface area contributed by atoms with Crippen molar-refractivity contribution in [2.75, 3.05) is 20.6 Å². The molecule has 0 N–H and O–H groups in total. The second-order valence-corrected chi connectivity index (χ2v) is 4.92. The molecule has 2 nitrogen and oxygen atoms in total. The second kappa shape index (κ2) is 3.75. The van der Waals surface area contributed by atoms with Gasteiger partial charge in [0.15, 0.2) is 0 Å². The lowest BCUT2D eigenvalue weighted by atomic mass is 10.1. The Morgan fingerprint density at radius 2 is 2.07 bits per heavy atom. The predicted octanol–water partition coefficient (Wildman–Crippen LogP) is 2.18. The molecule has 1 aromatic rings. The quantitative estimate of drug-likeness (QED) is 0.741. The molecule has 0 fully saturated rings. The van der Waals surface area contributed by atoms with E-state index in [4.69, 9.17) is 0 Å². The Morgan fingerprint density at radius 3 is 2.79 bits per heavy atom. The summed E-state index contributed by atoms with van der Waals surface area (Å²) in [6, 6.07) is 7.90. The van der Waals surface area contributed by atoms with Crippen LogP contribution in [-0.2, 0) is 0 Å². The molecule has 2 rings (SSSR count). The van der Waals surface area contributed by atoms with Crippen LogP contribution in [0.2, 0.25) is 0 Å². The highest BCUT2D eigenvalue weighted by atomic mass is 32.2. The summed E-state index contributed by atoms with van der Waals surface area (Å²) in [6.07, 6.45) is 0. The number of hydrogen-bond donors (Lipinski definition) is 0. The number of nitrogens with zero attached hydrogens (tertiary/aromatic N) is 1. The molecule has 0 saturated carbocycles. The van der Waals surface area contributed by atoms with Crippen LogP contribution in [0.1, 0.15) is 21.2 Å². The van der Waals surface area contributed by atoms with Gasteiger partial charge >= 0.3 is 0 Å². The maximum absolute atomic E-state index is 11.6. The number of hydrogen-bond acceptors (Lipinski definition) is 3.